The van der Waals surface area contributed by atoms with Crippen molar-refractivity contribution in [2.24, 2.45) is 5.92 Å². The fourth-order valence-corrected chi connectivity index (χ4v) is 1.71. The maximum absolute atomic E-state index is 9.33. The van der Waals surface area contributed by atoms with E-state index in [9.17, 15) is 5.11 Å². The van der Waals surface area contributed by atoms with Crippen LogP contribution >= 0.6 is 11.8 Å². The van der Waals surface area contributed by atoms with Gasteiger partial charge < -0.3 is 5.11 Å². The molecule has 0 aromatic carbocycles. The summed E-state index contributed by atoms with van der Waals surface area (Å²) in [5.41, 5.74) is 1.28. The highest BCUT2D eigenvalue weighted by molar-refractivity contribution is 7.98. The second-order valence-electron chi connectivity index (χ2n) is 3.10. The van der Waals surface area contributed by atoms with Crippen molar-refractivity contribution in [2.45, 2.75) is 26.9 Å². The van der Waals surface area contributed by atoms with Crippen LogP contribution in [0.2, 0.25) is 0 Å². The van der Waals surface area contributed by atoms with Gasteiger partial charge in [0.2, 0.25) is 0 Å². The molecular weight excluding hydrogens is 156 g/mol. The van der Waals surface area contributed by atoms with Gasteiger partial charge in [-0.2, -0.15) is 11.8 Å². The SMILES string of the molecule is CSC[C@H](C=C(C)C)[C@H](C)O. The van der Waals surface area contributed by atoms with Gasteiger partial charge in [0.05, 0.1) is 6.10 Å². The van der Waals surface area contributed by atoms with Crippen molar-refractivity contribution in [3.05, 3.63) is 11.6 Å². The lowest BCUT2D eigenvalue weighted by Gasteiger charge is -2.14. The summed E-state index contributed by atoms with van der Waals surface area (Å²) in [6, 6.07) is 0. The zero-order valence-corrected chi connectivity index (χ0v) is 8.61. The first-order chi connectivity index (χ1) is 5.07. The molecule has 0 aliphatic heterocycles. The fraction of sp³-hybridized carbons (Fsp3) is 0.778. The number of aliphatic hydroxyl groups excluding tert-OH is 1. The van der Waals surface area contributed by atoms with Crippen molar-refractivity contribution in [2.75, 3.05) is 12.0 Å². The Kier molecular flexibility index (Phi) is 5.69. The van der Waals surface area contributed by atoms with E-state index in [1.165, 1.54) is 5.57 Å². The fourth-order valence-electron chi connectivity index (χ4n) is 0.947. The van der Waals surface area contributed by atoms with E-state index in [-0.39, 0.29) is 6.10 Å². The van der Waals surface area contributed by atoms with Crippen LogP contribution < -0.4 is 0 Å². The molecule has 11 heavy (non-hydrogen) atoms. The van der Waals surface area contributed by atoms with E-state index in [0.29, 0.717) is 5.92 Å². The van der Waals surface area contributed by atoms with Gasteiger partial charge in [0.1, 0.15) is 0 Å². The van der Waals surface area contributed by atoms with Crippen molar-refractivity contribution in [1.82, 2.24) is 0 Å². The average molecular weight is 174 g/mol. The Morgan fingerprint density at radius 1 is 1.55 bits per heavy atom. The first-order valence-electron chi connectivity index (χ1n) is 3.90. The van der Waals surface area contributed by atoms with Gasteiger partial charge >= 0.3 is 0 Å². The number of hydrogen-bond acceptors (Lipinski definition) is 2. The normalized spacial score (nSPS) is 15.7. The molecule has 1 N–H and O–H groups in total. The molecular formula is C9H18OS. The van der Waals surface area contributed by atoms with Gasteiger partial charge in [-0.05, 0) is 27.0 Å². The molecule has 2 atom stereocenters. The molecule has 2 heteroatoms. The molecule has 0 aliphatic carbocycles. The minimum absolute atomic E-state index is 0.225. The summed E-state index contributed by atoms with van der Waals surface area (Å²) in [4.78, 5) is 0. The molecule has 0 aliphatic rings. The highest BCUT2D eigenvalue weighted by Gasteiger charge is 2.10. The zero-order chi connectivity index (χ0) is 8.85. The number of rotatable bonds is 4. The van der Waals surface area contributed by atoms with Crippen LogP contribution in [0.15, 0.2) is 11.6 Å². The number of aliphatic hydroxyl groups is 1. The lowest BCUT2D eigenvalue weighted by atomic mass is 10.0. The van der Waals surface area contributed by atoms with Gasteiger partial charge in [0.15, 0.2) is 0 Å². The second-order valence-corrected chi connectivity index (χ2v) is 4.01. The topological polar surface area (TPSA) is 20.2 Å². The van der Waals surface area contributed by atoms with E-state index in [0.717, 1.165) is 5.75 Å². The Morgan fingerprint density at radius 2 is 2.09 bits per heavy atom. The first-order valence-corrected chi connectivity index (χ1v) is 5.29. The lowest BCUT2D eigenvalue weighted by molar-refractivity contribution is 0.159. The summed E-state index contributed by atoms with van der Waals surface area (Å²) in [5.74, 6) is 1.32. The quantitative estimate of drug-likeness (QED) is 0.660. The largest absolute Gasteiger partial charge is 0.393 e. The first kappa shape index (κ1) is 11.1. The minimum Gasteiger partial charge on any atom is -0.393 e. The summed E-state index contributed by atoms with van der Waals surface area (Å²) >= 11 is 1.78. The van der Waals surface area contributed by atoms with Gasteiger partial charge in [-0.15, -0.1) is 0 Å². The van der Waals surface area contributed by atoms with E-state index < -0.39 is 0 Å². The predicted octanol–water partition coefficient (Wildman–Crippen LogP) is 2.31. The summed E-state index contributed by atoms with van der Waals surface area (Å²) in [5, 5.41) is 9.33. The molecule has 0 aromatic heterocycles. The van der Waals surface area contributed by atoms with E-state index in [1.54, 1.807) is 11.8 Å². The Balaban J connectivity index is 4.00. The Hall–Kier alpha value is 0.0500. The smallest absolute Gasteiger partial charge is 0.0582 e. The van der Waals surface area contributed by atoms with Crippen LogP contribution in [0.25, 0.3) is 0 Å². The van der Waals surface area contributed by atoms with Gasteiger partial charge in [0.25, 0.3) is 0 Å². The molecule has 0 rings (SSSR count). The monoisotopic (exact) mass is 174 g/mol. The third-order valence-electron chi connectivity index (χ3n) is 1.53. The molecule has 0 aromatic rings. The maximum atomic E-state index is 9.33. The molecule has 1 nitrogen and oxygen atoms in total. The van der Waals surface area contributed by atoms with Crippen LogP contribution in [-0.4, -0.2) is 23.2 Å². The predicted molar refractivity (Wildman–Crippen MR) is 53.0 cm³/mol. The Bertz CT molecular complexity index is 126. The second kappa shape index (κ2) is 5.67. The molecule has 0 spiro atoms. The standard InChI is InChI=1S/C9H18OS/c1-7(2)5-9(6-11-4)8(3)10/h5,8-10H,6H2,1-4H3/t8-,9-/m0/s1. The third-order valence-corrected chi connectivity index (χ3v) is 2.24. The molecule has 0 heterocycles. The lowest BCUT2D eigenvalue weighted by Crippen LogP contribution is -2.16. The summed E-state index contributed by atoms with van der Waals surface area (Å²) < 4.78 is 0. The van der Waals surface area contributed by atoms with Crippen LogP contribution in [0.5, 0.6) is 0 Å². The van der Waals surface area contributed by atoms with Crippen molar-refractivity contribution >= 4 is 11.8 Å². The van der Waals surface area contributed by atoms with Crippen molar-refractivity contribution in [1.29, 1.82) is 0 Å². The Labute approximate surface area is 73.9 Å². The van der Waals surface area contributed by atoms with Gasteiger partial charge in [0, 0.05) is 11.7 Å². The summed E-state index contributed by atoms with van der Waals surface area (Å²) in [7, 11) is 0. The molecule has 0 radical (unpaired) electrons. The van der Waals surface area contributed by atoms with Crippen LogP contribution in [0.3, 0.4) is 0 Å². The van der Waals surface area contributed by atoms with E-state index in [4.69, 9.17) is 0 Å². The van der Waals surface area contributed by atoms with Crippen LogP contribution in [0.1, 0.15) is 20.8 Å². The van der Waals surface area contributed by atoms with Crippen LogP contribution in [-0.2, 0) is 0 Å². The molecule has 0 bridgehead atoms. The molecule has 0 unspecified atom stereocenters. The average Bonchev–Trinajstić information content (AvgIpc) is 1.86. The van der Waals surface area contributed by atoms with E-state index in [2.05, 4.69) is 26.2 Å². The van der Waals surface area contributed by atoms with Crippen molar-refractivity contribution < 1.29 is 5.11 Å². The highest BCUT2D eigenvalue weighted by atomic mass is 32.2. The maximum Gasteiger partial charge on any atom is 0.0582 e. The van der Waals surface area contributed by atoms with Gasteiger partial charge in [-0.3, -0.25) is 0 Å². The number of hydrogen-bond donors (Lipinski definition) is 1. The van der Waals surface area contributed by atoms with Gasteiger partial charge in [-0.25, -0.2) is 0 Å². The summed E-state index contributed by atoms with van der Waals surface area (Å²) in [6.45, 7) is 5.98. The van der Waals surface area contributed by atoms with E-state index >= 15 is 0 Å². The zero-order valence-electron chi connectivity index (χ0n) is 7.79. The Morgan fingerprint density at radius 3 is 2.36 bits per heavy atom. The minimum atomic E-state index is -0.225. The molecule has 0 saturated carbocycles. The number of allylic oxidation sites excluding steroid dienone is 1. The summed E-state index contributed by atoms with van der Waals surface area (Å²) in [6.07, 6.45) is 3.98. The van der Waals surface area contributed by atoms with Gasteiger partial charge in [-0.1, -0.05) is 11.6 Å². The molecule has 0 amide bonds. The van der Waals surface area contributed by atoms with Crippen molar-refractivity contribution in [3.63, 3.8) is 0 Å². The van der Waals surface area contributed by atoms with Crippen LogP contribution in [0, 0.1) is 5.92 Å². The third kappa shape index (κ3) is 5.33. The molecule has 66 valence electrons. The molecule has 0 saturated heterocycles. The van der Waals surface area contributed by atoms with Crippen molar-refractivity contribution in [3.8, 4) is 0 Å². The van der Waals surface area contributed by atoms with Crippen LogP contribution in [0.4, 0.5) is 0 Å². The number of thioether (sulfide) groups is 1. The molecule has 0 fully saturated rings. The highest BCUT2D eigenvalue weighted by Crippen LogP contribution is 2.13. The van der Waals surface area contributed by atoms with E-state index in [1.807, 2.05) is 6.92 Å².